The molecule has 0 saturated heterocycles. The number of hydrogen-bond donors (Lipinski definition) is 1. The van der Waals surface area contributed by atoms with E-state index in [1.165, 1.54) is 6.20 Å². The molecule has 3 aliphatic heterocycles. The van der Waals surface area contributed by atoms with Crippen LogP contribution in [-0.4, -0.2) is 71.0 Å². The van der Waals surface area contributed by atoms with Crippen LogP contribution in [0.25, 0.3) is 0 Å². The van der Waals surface area contributed by atoms with E-state index in [4.69, 9.17) is 29.1 Å². The maximum Gasteiger partial charge on any atom is 0.290 e. The first-order valence-electron chi connectivity index (χ1n) is 14.9. The van der Waals surface area contributed by atoms with Crippen LogP contribution in [0, 0.1) is 25.2 Å². The Morgan fingerprint density at radius 3 is 2.48 bits per heavy atom. The molecular formula is C35H34N4O7. The van der Waals surface area contributed by atoms with E-state index in [0.29, 0.717) is 74.1 Å². The lowest BCUT2D eigenvalue weighted by Crippen LogP contribution is -2.40. The van der Waals surface area contributed by atoms with Gasteiger partial charge in [0.1, 0.15) is 41.4 Å². The number of nitriles is 1. The van der Waals surface area contributed by atoms with Crippen molar-refractivity contribution in [2.24, 2.45) is 0 Å². The molecule has 6 bridgehead atoms. The van der Waals surface area contributed by atoms with E-state index >= 15 is 0 Å². The van der Waals surface area contributed by atoms with Gasteiger partial charge in [0.25, 0.3) is 18.3 Å². The SMILES string of the molecule is Cc1cc(C(=O)N2CCc3cc4ccc3C2c2cccc(c2)OCCCN(C(=O)c2ccc(C#N)nc2)CCO4)c(C)o1.O=CO. The highest BCUT2D eigenvalue weighted by Gasteiger charge is 2.34. The third-order valence-corrected chi connectivity index (χ3v) is 7.93. The van der Waals surface area contributed by atoms with Gasteiger partial charge in [-0.3, -0.25) is 14.4 Å². The largest absolute Gasteiger partial charge is 0.494 e. The Bertz CT molecular complexity index is 1760. The van der Waals surface area contributed by atoms with Gasteiger partial charge in [-0.2, -0.15) is 5.26 Å². The number of pyridine rings is 1. The van der Waals surface area contributed by atoms with Crippen LogP contribution in [0.1, 0.15) is 67.1 Å². The number of hydrogen-bond acceptors (Lipinski definition) is 8. The number of carboxylic acid groups (broad SMARTS) is 1. The summed E-state index contributed by atoms with van der Waals surface area (Å²) in [5, 5.41) is 15.9. The quantitative estimate of drug-likeness (QED) is 0.307. The minimum Gasteiger partial charge on any atom is -0.494 e. The number of nitrogens with zero attached hydrogens (tertiary/aromatic N) is 4. The monoisotopic (exact) mass is 622 g/mol. The van der Waals surface area contributed by atoms with E-state index in [1.807, 2.05) is 73.3 Å². The summed E-state index contributed by atoms with van der Waals surface area (Å²) in [6.45, 7) is 5.51. The van der Waals surface area contributed by atoms with Gasteiger partial charge in [-0.25, -0.2) is 4.98 Å². The van der Waals surface area contributed by atoms with Crippen LogP contribution in [0.15, 0.2) is 71.3 Å². The highest BCUT2D eigenvalue weighted by Crippen LogP contribution is 2.39. The number of amides is 2. The molecule has 1 atom stereocenters. The van der Waals surface area contributed by atoms with Crippen LogP contribution in [0.2, 0.25) is 0 Å². The molecule has 0 saturated carbocycles. The topological polar surface area (TPSA) is 146 Å². The number of ether oxygens (including phenoxy) is 2. The van der Waals surface area contributed by atoms with E-state index in [-0.39, 0.29) is 30.0 Å². The first-order valence-corrected chi connectivity index (χ1v) is 14.9. The lowest BCUT2D eigenvalue weighted by molar-refractivity contribution is -0.122. The van der Waals surface area contributed by atoms with E-state index in [0.717, 1.165) is 22.4 Å². The number of fused-ring (bicyclic) bond motifs is 8. The molecule has 2 aromatic heterocycles. The molecule has 11 nitrogen and oxygen atoms in total. The van der Waals surface area contributed by atoms with Crippen molar-refractivity contribution in [3.63, 3.8) is 0 Å². The Kier molecular flexibility index (Phi) is 9.97. The normalized spacial score (nSPS) is 15.8. The third kappa shape index (κ3) is 7.02. The van der Waals surface area contributed by atoms with Gasteiger partial charge in [0.2, 0.25) is 0 Å². The van der Waals surface area contributed by atoms with Gasteiger partial charge in [-0.15, -0.1) is 0 Å². The van der Waals surface area contributed by atoms with Crippen molar-refractivity contribution in [3.05, 3.63) is 112 Å². The predicted octanol–water partition coefficient (Wildman–Crippen LogP) is 4.96. The van der Waals surface area contributed by atoms with Crippen molar-refractivity contribution in [1.82, 2.24) is 14.8 Å². The summed E-state index contributed by atoms with van der Waals surface area (Å²) in [7, 11) is 0. The minimum absolute atomic E-state index is 0.0618. The van der Waals surface area contributed by atoms with Gasteiger partial charge >= 0.3 is 0 Å². The van der Waals surface area contributed by atoms with Gasteiger partial charge in [0.05, 0.1) is 30.3 Å². The van der Waals surface area contributed by atoms with E-state index in [1.54, 1.807) is 17.0 Å². The van der Waals surface area contributed by atoms with Crippen LogP contribution in [-0.2, 0) is 11.2 Å². The van der Waals surface area contributed by atoms with Crippen LogP contribution >= 0.6 is 0 Å². The third-order valence-electron chi connectivity index (χ3n) is 7.93. The molecule has 5 heterocycles. The highest BCUT2D eigenvalue weighted by atomic mass is 16.5. The van der Waals surface area contributed by atoms with Crippen LogP contribution in [0.4, 0.5) is 0 Å². The van der Waals surface area contributed by atoms with E-state index in [2.05, 4.69) is 4.98 Å². The van der Waals surface area contributed by atoms with Gasteiger partial charge in [0.15, 0.2) is 0 Å². The van der Waals surface area contributed by atoms with Crippen LogP contribution in [0.5, 0.6) is 11.5 Å². The molecule has 2 amide bonds. The summed E-state index contributed by atoms with van der Waals surface area (Å²) in [6, 6.07) is 20.5. The average Bonchev–Trinajstić information content (AvgIpc) is 3.41. The number of carbonyl (C=O) groups is 3. The zero-order valence-electron chi connectivity index (χ0n) is 25.6. The maximum absolute atomic E-state index is 13.9. The number of aryl methyl sites for hydroxylation is 2. The summed E-state index contributed by atoms with van der Waals surface area (Å²) in [6.07, 6.45) is 2.72. The maximum atomic E-state index is 13.9. The molecule has 2 aromatic carbocycles. The first kappa shape index (κ1) is 31.8. The zero-order valence-corrected chi connectivity index (χ0v) is 25.6. The molecule has 3 aliphatic rings. The Labute approximate surface area is 266 Å². The fourth-order valence-electron chi connectivity index (χ4n) is 5.85. The smallest absolute Gasteiger partial charge is 0.290 e. The number of rotatable bonds is 2. The summed E-state index contributed by atoms with van der Waals surface area (Å²) in [4.78, 5) is 43.3. The van der Waals surface area contributed by atoms with Crippen molar-refractivity contribution < 1.29 is 33.4 Å². The minimum atomic E-state index is -0.300. The highest BCUT2D eigenvalue weighted by molar-refractivity contribution is 5.96. The number of furan rings is 1. The molecule has 1 unspecified atom stereocenters. The molecule has 0 radical (unpaired) electrons. The van der Waals surface area contributed by atoms with Crippen molar-refractivity contribution in [1.29, 1.82) is 5.26 Å². The van der Waals surface area contributed by atoms with Crippen LogP contribution < -0.4 is 9.47 Å². The Balaban J connectivity index is 0.00000134. The van der Waals surface area contributed by atoms with Gasteiger partial charge in [-0.1, -0.05) is 18.2 Å². The lowest BCUT2D eigenvalue weighted by Gasteiger charge is -2.38. The fraction of sp³-hybridized carbons (Fsp3) is 0.286. The molecule has 236 valence electrons. The van der Waals surface area contributed by atoms with Crippen molar-refractivity contribution in [2.75, 3.05) is 32.8 Å². The van der Waals surface area contributed by atoms with Gasteiger partial charge < -0.3 is 28.8 Å². The molecule has 11 heteroatoms. The molecule has 4 aromatic rings. The molecular weight excluding hydrogens is 588 g/mol. The average molecular weight is 623 g/mol. The summed E-state index contributed by atoms with van der Waals surface area (Å²) < 4.78 is 18.0. The predicted molar refractivity (Wildman–Crippen MR) is 167 cm³/mol. The zero-order chi connectivity index (χ0) is 32.6. The number of benzene rings is 2. The second-order valence-electron chi connectivity index (χ2n) is 10.9. The summed E-state index contributed by atoms with van der Waals surface area (Å²) in [5.74, 6) is 2.51. The van der Waals surface area contributed by atoms with Gasteiger partial charge in [0, 0.05) is 19.3 Å². The van der Waals surface area contributed by atoms with Crippen molar-refractivity contribution in [3.8, 4) is 17.6 Å². The van der Waals surface area contributed by atoms with Crippen molar-refractivity contribution >= 4 is 18.3 Å². The molecule has 46 heavy (non-hydrogen) atoms. The molecule has 0 aliphatic carbocycles. The molecule has 0 spiro atoms. The second kappa shape index (κ2) is 14.4. The first-order chi connectivity index (χ1) is 22.3. The second-order valence-corrected chi connectivity index (χ2v) is 10.9. The Morgan fingerprint density at radius 2 is 1.76 bits per heavy atom. The lowest BCUT2D eigenvalue weighted by atomic mass is 9.87. The Hall–Kier alpha value is -5.63. The molecule has 0 fully saturated rings. The number of carbonyl (C=O) groups excluding carboxylic acids is 2. The summed E-state index contributed by atoms with van der Waals surface area (Å²) in [5.41, 5.74) is 4.37. The molecule has 7 rings (SSSR count). The van der Waals surface area contributed by atoms with E-state index < -0.39 is 0 Å². The van der Waals surface area contributed by atoms with Crippen molar-refractivity contribution in [2.45, 2.75) is 32.7 Å². The number of aromatic nitrogens is 1. The Morgan fingerprint density at radius 1 is 0.978 bits per heavy atom. The summed E-state index contributed by atoms with van der Waals surface area (Å²) >= 11 is 0. The van der Waals surface area contributed by atoms with Gasteiger partial charge in [-0.05, 0) is 85.8 Å². The van der Waals surface area contributed by atoms with Crippen LogP contribution in [0.3, 0.4) is 0 Å². The standard InChI is InChI=1S/C34H32N4O5.CH2O2/c1-22-17-31(23(2)43-22)34(40)38-13-11-24-18-29-9-10-30(24)32(38)25-5-3-6-28(19-25)41-15-4-12-37(14-16-42-29)33(39)26-7-8-27(20-35)36-21-26;2-1-3/h3,5-10,17-19,21,32H,4,11-16H2,1-2H3;1H,(H,2,3). The van der Waals surface area contributed by atoms with E-state index in [9.17, 15) is 9.59 Å². The molecule has 1 N–H and O–H groups in total. The fourth-order valence-corrected chi connectivity index (χ4v) is 5.85.